The van der Waals surface area contributed by atoms with Gasteiger partial charge in [0, 0.05) is 18.3 Å². The largest absolute Gasteiger partial charge is 0.398 e. The van der Waals surface area contributed by atoms with E-state index in [1.54, 1.807) is 4.90 Å². The van der Waals surface area contributed by atoms with Crippen LogP contribution in [-0.2, 0) is 6.54 Å². The summed E-state index contributed by atoms with van der Waals surface area (Å²) in [6.45, 7) is 4.44. The van der Waals surface area contributed by atoms with Gasteiger partial charge in [0.15, 0.2) is 0 Å². The molecular weight excluding hydrogens is 260 g/mol. The second-order valence-corrected chi connectivity index (χ2v) is 5.29. The lowest BCUT2D eigenvalue weighted by atomic mass is 10.1. The Kier molecular flexibility index (Phi) is 4.11. The first-order valence-corrected chi connectivity index (χ1v) is 6.78. The Hall–Kier alpha value is -1.95. The van der Waals surface area contributed by atoms with Crippen LogP contribution in [0.5, 0.6) is 0 Å². The van der Waals surface area contributed by atoms with Crippen LogP contribution in [-0.4, -0.2) is 26.4 Å². The number of nitrogen functional groups attached to an aromatic ring is 1. The Bertz CT molecular complexity index is 554. The molecule has 0 unspecified atom stereocenters. The molecule has 0 saturated heterocycles. The second kappa shape index (κ2) is 5.79. The van der Waals surface area contributed by atoms with Gasteiger partial charge in [-0.05, 0) is 37.0 Å². The number of anilines is 1. The first kappa shape index (κ1) is 13.5. The van der Waals surface area contributed by atoms with Crippen LogP contribution in [0.2, 0.25) is 0 Å². The summed E-state index contributed by atoms with van der Waals surface area (Å²) < 4.78 is 3.73. The highest BCUT2D eigenvalue weighted by atomic mass is 32.1. The zero-order valence-electron chi connectivity index (χ0n) is 10.9. The maximum absolute atomic E-state index is 12.4. The number of nitrogens with two attached hydrogens (primary N) is 1. The van der Waals surface area contributed by atoms with Crippen LogP contribution in [0.15, 0.2) is 30.5 Å². The predicted molar refractivity (Wildman–Crippen MR) is 75.8 cm³/mol. The fourth-order valence-corrected chi connectivity index (χ4v) is 2.23. The van der Waals surface area contributed by atoms with Crippen molar-refractivity contribution >= 4 is 23.1 Å². The number of nitrogens with zero attached hydrogens (tertiary/aromatic N) is 3. The van der Waals surface area contributed by atoms with Gasteiger partial charge in [0.05, 0.1) is 6.20 Å². The van der Waals surface area contributed by atoms with E-state index in [-0.39, 0.29) is 11.9 Å². The van der Waals surface area contributed by atoms with Gasteiger partial charge in [0.25, 0.3) is 5.91 Å². The van der Waals surface area contributed by atoms with E-state index in [9.17, 15) is 4.79 Å². The molecule has 0 aliphatic rings. The Morgan fingerprint density at radius 1 is 1.42 bits per heavy atom. The van der Waals surface area contributed by atoms with Gasteiger partial charge in [0.1, 0.15) is 4.88 Å². The molecule has 100 valence electrons. The van der Waals surface area contributed by atoms with Crippen LogP contribution in [0.3, 0.4) is 0 Å². The highest BCUT2D eigenvalue weighted by Gasteiger charge is 2.21. The normalized spacial score (nSPS) is 10.7. The fraction of sp³-hybridized carbons (Fsp3) is 0.308. The molecule has 0 bridgehead atoms. The summed E-state index contributed by atoms with van der Waals surface area (Å²) in [5.41, 5.74) is 7.57. The Labute approximate surface area is 116 Å². The van der Waals surface area contributed by atoms with Crippen molar-refractivity contribution in [2.24, 2.45) is 0 Å². The molecule has 0 aliphatic heterocycles. The highest BCUT2D eigenvalue weighted by molar-refractivity contribution is 7.07. The maximum atomic E-state index is 12.4. The molecule has 1 aromatic heterocycles. The zero-order valence-corrected chi connectivity index (χ0v) is 11.7. The first-order valence-electron chi connectivity index (χ1n) is 6.01. The average molecular weight is 276 g/mol. The molecule has 1 heterocycles. The minimum absolute atomic E-state index is 0.0618. The lowest BCUT2D eigenvalue weighted by Crippen LogP contribution is -2.36. The van der Waals surface area contributed by atoms with E-state index in [2.05, 4.69) is 9.59 Å². The lowest BCUT2D eigenvalue weighted by molar-refractivity contribution is 0.0695. The van der Waals surface area contributed by atoms with E-state index < -0.39 is 0 Å². The van der Waals surface area contributed by atoms with Gasteiger partial charge in [-0.1, -0.05) is 22.7 Å². The Morgan fingerprint density at radius 2 is 2.16 bits per heavy atom. The molecule has 1 amide bonds. The average Bonchev–Trinajstić information content (AvgIpc) is 2.90. The van der Waals surface area contributed by atoms with Crippen LogP contribution in [0.4, 0.5) is 5.69 Å². The van der Waals surface area contributed by atoms with Gasteiger partial charge in [-0.15, -0.1) is 5.10 Å². The van der Waals surface area contributed by atoms with Crippen LogP contribution in [0, 0.1) is 0 Å². The summed E-state index contributed by atoms with van der Waals surface area (Å²) in [4.78, 5) is 14.7. The molecule has 0 saturated carbocycles. The molecule has 2 aromatic rings. The minimum Gasteiger partial charge on any atom is -0.398 e. The van der Waals surface area contributed by atoms with E-state index >= 15 is 0 Å². The Balaban J connectivity index is 2.22. The third kappa shape index (κ3) is 3.08. The van der Waals surface area contributed by atoms with Gasteiger partial charge in [-0.2, -0.15) is 0 Å². The molecule has 0 aliphatic carbocycles. The number of carbonyl (C=O) groups is 1. The van der Waals surface area contributed by atoms with E-state index in [0.717, 1.165) is 17.1 Å². The molecular formula is C13H16N4OS. The second-order valence-electron chi connectivity index (χ2n) is 4.51. The third-order valence-electron chi connectivity index (χ3n) is 2.85. The van der Waals surface area contributed by atoms with E-state index in [1.165, 1.54) is 6.20 Å². The van der Waals surface area contributed by atoms with Crippen molar-refractivity contribution in [1.29, 1.82) is 0 Å². The van der Waals surface area contributed by atoms with Crippen LogP contribution < -0.4 is 5.73 Å². The lowest BCUT2D eigenvalue weighted by Gasteiger charge is -2.26. The van der Waals surface area contributed by atoms with Gasteiger partial charge >= 0.3 is 0 Å². The quantitative estimate of drug-likeness (QED) is 0.869. The van der Waals surface area contributed by atoms with Crippen LogP contribution in [0.25, 0.3) is 0 Å². The van der Waals surface area contributed by atoms with Gasteiger partial charge in [-0.3, -0.25) is 4.79 Å². The summed E-state index contributed by atoms with van der Waals surface area (Å²) in [5, 5.41) is 3.71. The van der Waals surface area contributed by atoms with Crippen molar-refractivity contribution in [3.63, 3.8) is 0 Å². The molecule has 2 rings (SSSR count). The number of hydrogen-bond acceptors (Lipinski definition) is 5. The molecule has 6 heteroatoms. The van der Waals surface area contributed by atoms with Crippen molar-refractivity contribution in [2.45, 2.75) is 26.4 Å². The minimum atomic E-state index is -0.0618. The molecule has 0 radical (unpaired) electrons. The van der Waals surface area contributed by atoms with E-state index in [4.69, 9.17) is 5.73 Å². The maximum Gasteiger partial charge on any atom is 0.267 e. The number of para-hydroxylation sites is 1. The number of rotatable bonds is 4. The van der Waals surface area contributed by atoms with Crippen LogP contribution >= 0.6 is 11.5 Å². The van der Waals surface area contributed by atoms with Crippen molar-refractivity contribution in [1.82, 2.24) is 14.5 Å². The number of carbonyl (C=O) groups excluding carboxylic acids is 1. The number of amides is 1. The number of hydrogen-bond donors (Lipinski definition) is 1. The SMILES string of the molecule is CC(C)N(Cc1ccccc1N)C(=O)c1cnns1. The van der Waals surface area contributed by atoms with Gasteiger partial charge < -0.3 is 10.6 Å². The summed E-state index contributed by atoms with van der Waals surface area (Å²) in [7, 11) is 0. The van der Waals surface area contributed by atoms with Crippen LogP contribution in [0.1, 0.15) is 29.1 Å². The van der Waals surface area contributed by atoms with E-state index in [1.807, 2.05) is 38.1 Å². The third-order valence-corrected chi connectivity index (χ3v) is 3.50. The topological polar surface area (TPSA) is 72.1 Å². The number of aromatic nitrogens is 2. The Morgan fingerprint density at radius 3 is 2.74 bits per heavy atom. The fourth-order valence-electron chi connectivity index (χ4n) is 1.75. The monoisotopic (exact) mass is 276 g/mol. The molecule has 0 fully saturated rings. The molecule has 0 spiro atoms. The van der Waals surface area contributed by atoms with Crippen molar-refractivity contribution in [3.05, 3.63) is 40.9 Å². The molecule has 5 nitrogen and oxygen atoms in total. The van der Waals surface area contributed by atoms with Crippen molar-refractivity contribution in [3.8, 4) is 0 Å². The number of benzene rings is 1. The zero-order chi connectivity index (χ0) is 13.8. The molecule has 19 heavy (non-hydrogen) atoms. The van der Waals surface area contributed by atoms with Gasteiger partial charge in [0.2, 0.25) is 0 Å². The summed E-state index contributed by atoms with van der Waals surface area (Å²) in [6.07, 6.45) is 1.50. The summed E-state index contributed by atoms with van der Waals surface area (Å²) in [5.74, 6) is -0.0618. The summed E-state index contributed by atoms with van der Waals surface area (Å²) >= 11 is 1.11. The van der Waals surface area contributed by atoms with Crippen molar-refractivity contribution in [2.75, 3.05) is 5.73 Å². The molecule has 2 N–H and O–H groups in total. The smallest absolute Gasteiger partial charge is 0.267 e. The first-order chi connectivity index (χ1) is 9.09. The molecule has 0 atom stereocenters. The highest BCUT2D eigenvalue weighted by Crippen LogP contribution is 2.18. The summed E-state index contributed by atoms with van der Waals surface area (Å²) in [6, 6.07) is 7.65. The van der Waals surface area contributed by atoms with E-state index in [0.29, 0.717) is 17.1 Å². The standard InChI is InChI=1S/C13H16N4OS/c1-9(2)17(13(18)12-7-15-16-19-12)8-10-5-3-4-6-11(10)14/h3-7,9H,8,14H2,1-2H3. The molecule has 1 aromatic carbocycles. The van der Waals surface area contributed by atoms with Gasteiger partial charge in [-0.25, -0.2) is 0 Å². The predicted octanol–water partition coefficient (Wildman–Crippen LogP) is 2.17. The van der Waals surface area contributed by atoms with Crippen molar-refractivity contribution < 1.29 is 4.79 Å².